The zero-order chi connectivity index (χ0) is 38.6. The van der Waals surface area contributed by atoms with Gasteiger partial charge in [0.05, 0.1) is 35.9 Å². The van der Waals surface area contributed by atoms with E-state index in [1.807, 2.05) is 6.08 Å². The van der Waals surface area contributed by atoms with Crippen molar-refractivity contribution in [3.05, 3.63) is 38.8 Å². The molecule has 4 nitrogen and oxygen atoms in total. The van der Waals surface area contributed by atoms with Crippen LogP contribution in [0.25, 0.3) is 0 Å². The third kappa shape index (κ3) is 46.0. The molecule has 3 unspecified atom stereocenters. The van der Waals surface area contributed by atoms with Gasteiger partial charge in [0.2, 0.25) is 8.32 Å². The van der Waals surface area contributed by atoms with Gasteiger partial charge in [0.1, 0.15) is 13.2 Å². The van der Waals surface area contributed by atoms with Crippen molar-refractivity contribution in [3.8, 4) is 0 Å². The van der Waals surface area contributed by atoms with E-state index in [-0.39, 0.29) is 61.3 Å². The number of ketones is 2. The van der Waals surface area contributed by atoms with Gasteiger partial charge in [-0.05, 0) is 108 Å². The normalized spacial score (nSPS) is 18.9. The van der Waals surface area contributed by atoms with Crippen molar-refractivity contribution in [2.24, 2.45) is 11.8 Å². The molecule has 0 N–H and O–H groups in total. The molecule has 1 fully saturated rings. The number of rotatable bonds is 14. The summed E-state index contributed by atoms with van der Waals surface area (Å²) in [6.45, 7) is 32.5. The first-order chi connectivity index (χ1) is 23.3. The van der Waals surface area contributed by atoms with E-state index in [4.69, 9.17) is 15.5 Å². The molecule has 0 aromatic heterocycles. The summed E-state index contributed by atoms with van der Waals surface area (Å²) in [5.74, 6) is 3.34. The van der Waals surface area contributed by atoms with Gasteiger partial charge in [-0.1, -0.05) is 116 Å². The van der Waals surface area contributed by atoms with Crippen molar-refractivity contribution < 1.29 is 59.1 Å². The first-order valence-corrected chi connectivity index (χ1v) is 29.8. The molecule has 3 atom stereocenters. The smallest absolute Gasteiger partial charge is 1.00 e. The number of quaternary nitrogens is 1. The fourth-order valence-corrected chi connectivity index (χ4v) is 7.73. The monoisotopic (exact) mass is 987 g/mol. The molecule has 0 spiro atoms. The summed E-state index contributed by atoms with van der Waals surface area (Å²) in [5, 5.41) is 0. The third-order valence-corrected chi connectivity index (χ3v) is 11.7. The molecule has 11 heteroatoms. The average Bonchev–Trinajstić information content (AvgIpc) is 3.03. The van der Waals surface area contributed by atoms with Crippen LogP contribution in [0.3, 0.4) is 0 Å². The summed E-state index contributed by atoms with van der Waals surface area (Å²) in [4.78, 5) is 21.4. The minimum absolute atomic E-state index is 0. The Labute approximate surface area is 387 Å². The number of carbonyl (C=O) groups is 2. The molecular formula is C44H90ClCuFILiNO3Si2. The molecule has 330 valence electrons. The maximum Gasteiger partial charge on any atom is 1.00 e. The van der Waals surface area contributed by atoms with Gasteiger partial charge in [-0.3, -0.25) is 9.59 Å². The van der Waals surface area contributed by atoms with Crippen LogP contribution < -0.4 is 23.6 Å². The number of unbranched alkanes of at least 4 members (excludes halogenated alkanes) is 4. The van der Waals surface area contributed by atoms with Gasteiger partial charge in [-0.25, -0.2) is 0 Å². The van der Waals surface area contributed by atoms with Gasteiger partial charge in [0.25, 0.3) is 0 Å². The Kier molecular flexibility index (Phi) is 53.7. The van der Waals surface area contributed by atoms with Crippen molar-refractivity contribution >= 4 is 60.9 Å². The van der Waals surface area contributed by atoms with Crippen LogP contribution in [0.1, 0.15) is 151 Å². The fourth-order valence-electron chi connectivity index (χ4n) is 6.10. The van der Waals surface area contributed by atoms with E-state index >= 15 is 0 Å². The molecule has 0 radical (unpaired) electrons. The summed E-state index contributed by atoms with van der Waals surface area (Å²) in [5.41, 5.74) is 0. The first-order valence-electron chi connectivity index (χ1n) is 20.6. The molecule has 3 rings (SSSR count). The second-order valence-electron chi connectivity index (χ2n) is 16.9. The quantitative estimate of drug-likeness (QED) is 0.0437. The molecular weight excluding hydrogens is 899 g/mol. The number of carbonyl (C=O) groups excluding carboxylic acids is 2. The van der Waals surface area contributed by atoms with Crippen molar-refractivity contribution in [3.63, 3.8) is 0 Å². The predicted molar refractivity (Wildman–Crippen MR) is 251 cm³/mol. The Morgan fingerprint density at radius 1 is 0.764 bits per heavy atom. The molecule has 0 aliphatic heterocycles. The molecule has 55 heavy (non-hydrogen) atoms. The zero-order valence-corrected chi connectivity index (χ0v) is 44.8. The fraction of sp³-hybridized carbons (Fsp3) is 0.818. The van der Waals surface area contributed by atoms with Gasteiger partial charge in [0, 0.05) is 19.3 Å². The Balaban J connectivity index is -0.000000108. The van der Waals surface area contributed by atoms with Gasteiger partial charge < -0.3 is 28.5 Å². The molecule has 0 aromatic carbocycles. The van der Waals surface area contributed by atoms with Crippen molar-refractivity contribution in [1.82, 2.24) is 0 Å². The van der Waals surface area contributed by atoms with E-state index in [9.17, 15) is 9.59 Å². The van der Waals surface area contributed by atoms with Crippen molar-refractivity contribution in [1.29, 1.82) is 0 Å². The van der Waals surface area contributed by atoms with E-state index in [1.54, 1.807) is 6.08 Å². The predicted octanol–water partition coefficient (Wildman–Crippen LogP) is 8.99. The maximum absolute atomic E-state index is 11.0. The maximum atomic E-state index is 11.0. The second kappa shape index (κ2) is 41.8. The van der Waals surface area contributed by atoms with Crippen molar-refractivity contribution in [2.45, 2.75) is 194 Å². The number of nitrogens with zero attached hydrogens (tertiary/aromatic N) is 1. The third-order valence-electron chi connectivity index (χ3n) is 8.92. The van der Waals surface area contributed by atoms with Crippen LogP contribution in [-0.2, 0) is 31.1 Å². The summed E-state index contributed by atoms with van der Waals surface area (Å²) in [7, 11) is -2.48. The number of halogens is 3. The van der Waals surface area contributed by atoms with Crippen LogP contribution in [0.15, 0.2) is 24.0 Å². The van der Waals surface area contributed by atoms with Crippen LogP contribution in [0.2, 0.25) is 39.3 Å². The molecule has 1 saturated carbocycles. The van der Waals surface area contributed by atoms with E-state index in [0.717, 1.165) is 44.4 Å². The largest absolute Gasteiger partial charge is 1.00 e. The number of hydrogen-bond acceptors (Lipinski definition) is 3. The summed E-state index contributed by atoms with van der Waals surface area (Å²) in [6.07, 6.45) is 26.8. The Morgan fingerprint density at radius 3 is 1.45 bits per heavy atom. The number of allylic oxidation sites excluding steroid dienone is 4. The van der Waals surface area contributed by atoms with Crippen LogP contribution in [0.4, 0.5) is 0 Å². The van der Waals surface area contributed by atoms with E-state index in [0.29, 0.717) is 15.6 Å². The van der Waals surface area contributed by atoms with Crippen LogP contribution in [0.5, 0.6) is 0 Å². The summed E-state index contributed by atoms with van der Waals surface area (Å²) in [6, 6.07) is 0. The molecule has 3 aliphatic carbocycles. The Morgan fingerprint density at radius 2 is 1.18 bits per heavy atom. The molecule has 0 heterocycles. The number of alkyl halides is 1. The number of Topliss-reactive ketones (excluding diaryl/α,β-unsaturated/α-hetero) is 1. The Bertz CT molecular complexity index is 907. The summed E-state index contributed by atoms with van der Waals surface area (Å²) >= 11 is 7.93. The first kappa shape index (κ1) is 70.6. The summed E-state index contributed by atoms with van der Waals surface area (Å²) < 4.78 is 7.67. The van der Waals surface area contributed by atoms with Crippen LogP contribution in [-0.4, -0.2) is 61.9 Å². The molecule has 0 bridgehead atoms. The van der Waals surface area contributed by atoms with Gasteiger partial charge in [-0.15, -0.1) is 0 Å². The van der Waals surface area contributed by atoms with Gasteiger partial charge in [-0.2, -0.15) is 11.1 Å². The van der Waals surface area contributed by atoms with E-state index in [1.165, 1.54) is 107 Å². The van der Waals surface area contributed by atoms with Crippen LogP contribution >= 0.6 is 33.7 Å². The van der Waals surface area contributed by atoms with Gasteiger partial charge in [0.15, 0.2) is 5.78 Å². The minimum atomic E-state index is -1.34. The molecule has 0 amide bonds. The molecule has 0 aromatic rings. The minimum Gasteiger partial charge on any atom is -1.00 e. The number of hydrogen-bond donors (Lipinski definition) is 0. The van der Waals surface area contributed by atoms with Gasteiger partial charge >= 0.3 is 35.9 Å². The molecule has 0 saturated heterocycles. The zero-order valence-electron chi connectivity index (χ0n) is 38.9. The SMILES string of the molecule is CC1C=C(O[Si](C)(C)C)CCC1.CC1CCCC(=O)C1I.CCCC[N+](CCCC)(CCCC)CCCC.C[Si](C)(C)Cl.O=C1C=CCCC1.[CH3-].[CH3-].[Cu+].[F-].[Li+]. The van der Waals surface area contributed by atoms with E-state index in [2.05, 4.69) is 109 Å². The van der Waals surface area contributed by atoms with Crippen molar-refractivity contribution in [2.75, 3.05) is 26.2 Å². The van der Waals surface area contributed by atoms with E-state index < -0.39 is 15.7 Å². The topological polar surface area (TPSA) is 43.4 Å². The average molecular weight is 989 g/mol. The second-order valence-corrected chi connectivity index (χ2v) is 30.2. The standard InChI is InChI=1S/C16H36N.C10H20OSi.C7H11IO.C6H8O.C3H9ClSi.2CH3.Cu.FH.Li/c1-5-9-13-17(14-10-6-2,15-11-7-3)16-12-8-4;1-9-6-5-7-10(8-9)11-12(2,3)4;1-5-3-2-4-6(9)7(5)8;7-6-4-2-1-3-5-6;1-5(2,3)4;;;;;/h5-16H2,1-4H3;8-9H,5-7H2,1-4H3;5,7H,2-4H2,1H3;2,4H,1,3,5H2;1-3H3;2*1H3;;1H;/q+1;;;;;2*-1;+1;;+1/p-1. The van der Waals surface area contributed by atoms with Crippen LogP contribution in [0, 0.1) is 26.7 Å². The molecule has 3 aliphatic rings. The Hall–Kier alpha value is 1.08.